The molecule has 0 saturated heterocycles. The van der Waals surface area contributed by atoms with Crippen LogP contribution < -0.4 is 10.4 Å². The second-order valence-corrected chi connectivity index (χ2v) is 9.61. The predicted molar refractivity (Wildman–Crippen MR) is 106 cm³/mol. The van der Waals surface area contributed by atoms with E-state index in [2.05, 4.69) is 14.9 Å². The number of nitrogens with zero attached hydrogens (tertiary/aromatic N) is 5. The third kappa shape index (κ3) is 3.85. The normalized spacial score (nSPS) is 15.5. The molecule has 1 aliphatic rings. The molecular formula is C17H16F2N6O4S2. The molecule has 1 fully saturated rings. The molecule has 10 nitrogen and oxygen atoms in total. The number of nitrogens with one attached hydrogen (secondary N) is 1. The molecule has 1 N–H and O–H groups in total. The molecule has 0 aliphatic heterocycles. The summed E-state index contributed by atoms with van der Waals surface area (Å²) >= 11 is 0.535. The lowest BCUT2D eigenvalue weighted by atomic mass is 10.3. The number of ether oxygens (including phenoxy) is 1. The number of benzene rings is 1. The summed E-state index contributed by atoms with van der Waals surface area (Å²) in [6, 6.07) is 5.96. The number of rotatable bonds is 8. The average molecular weight is 470 g/mol. The maximum absolute atomic E-state index is 13.0. The van der Waals surface area contributed by atoms with Crippen LogP contribution in [0.25, 0.3) is 16.2 Å². The first-order valence-corrected chi connectivity index (χ1v) is 11.3. The molecule has 1 saturated carbocycles. The van der Waals surface area contributed by atoms with Crippen LogP contribution in [0.3, 0.4) is 0 Å². The maximum Gasteiger partial charge on any atom is 0.335 e. The van der Waals surface area contributed by atoms with E-state index in [1.807, 2.05) is 6.07 Å². The van der Waals surface area contributed by atoms with Crippen LogP contribution in [-0.2, 0) is 21.3 Å². The van der Waals surface area contributed by atoms with Crippen molar-refractivity contribution < 1.29 is 21.9 Å². The fourth-order valence-electron chi connectivity index (χ4n) is 3.07. The van der Waals surface area contributed by atoms with Gasteiger partial charge in [-0.25, -0.2) is 26.6 Å². The molecule has 3 aromatic rings. The number of alkyl halides is 2. The van der Waals surface area contributed by atoms with Crippen molar-refractivity contribution >= 4 is 32.4 Å². The van der Waals surface area contributed by atoms with E-state index in [9.17, 15) is 27.3 Å². The van der Waals surface area contributed by atoms with E-state index in [4.69, 9.17) is 4.74 Å². The molecule has 2 aromatic heterocycles. The standard InChI is InChI=1S/C17H16F2N6O4S2/c1-29-7-6-24-11-3-2-10(31(27,28)23-17(9-20)4-5-17)8-12(11)25(16(24)26)15-22-21-14(30-15)13(18)19/h2-3,8,13,23H,4-7H2,1H3. The molecule has 0 bridgehead atoms. The second-order valence-electron chi connectivity index (χ2n) is 6.94. The quantitative estimate of drug-likeness (QED) is 0.528. The zero-order valence-corrected chi connectivity index (χ0v) is 17.7. The van der Waals surface area contributed by atoms with Gasteiger partial charge in [0.1, 0.15) is 5.54 Å². The largest absolute Gasteiger partial charge is 0.383 e. The predicted octanol–water partition coefficient (Wildman–Crippen LogP) is 1.56. The first-order chi connectivity index (χ1) is 14.7. The van der Waals surface area contributed by atoms with Crippen molar-refractivity contribution in [2.45, 2.75) is 36.2 Å². The van der Waals surface area contributed by atoms with Crippen molar-refractivity contribution in [1.82, 2.24) is 24.1 Å². The first kappa shape index (κ1) is 21.5. The SMILES string of the molecule is COCCn1c(=O)n(-c2nnc(C(F)F)s2)c2cc(S(=O)(=O)NC3(C#N)CC3)ccc21. The van der Waals surface area contributed by atoms with Crippen LogP contribution in [0.1, 0.15) is 24.3 Å². The van der Waals surface area contributed by atoms with E-state index in [0.29, 0.717) is 29.7 Å². The van der Waals surface area contributed by atoms with Crippen molar-refractivity contribution in [3.05, 3.63) is 33.7 Å². The molecule has 1 aliphatic carbocycles. The Hall–Kier alpha value is -2.73. The van der Waals surface area contributed by atoms with Crippen molar-refractivity contribution in [2.24, 2.45) is 0 Å². The lowest BCUT2D eigenvalue weighted by molar-refractivity contribution is 0.150. The molecule has 14 heteroatoms. The Kier molecular flexibility index (Phi) is 5.38. The lowest BCUT2D eigenvalue weighted by Crippen LogP contribution is -2.35. The summed E-state index contributed by atoms with van der Waals surface area (Å²) in [4.78, 5) is 12.9. The fraction of sp³-hybridized carbons (Fsp3) is 0.412. The molecule has 0 spiro atoms. The summed E-state index contributed by atoms with van der Waals surface area (Å²) < 4.78 is 61.3. The molecular weight excluding hydrogens is 454 g/mol. The number of imidazole rings is 1. The van der Waals surface area contributed by atoms with Gasteiger partial charge in [-0.05, 0) is 31.0 Å². The molecule has 164 valence electrons. The highest BCUT2D eigenvalue weighted by Gasteiger charge is 2.46. The van der Waals surface area contributed by atoms with Crippen LogP contribution in [-0.4, -0.2) is 47.0 Å². The van der Waals surface area contributed by atoms with Gasteiger partial charge >= 0.3 is 5.69 Å². The number of fused-ring (bicyclic) bond motifs is 1. The minimum absolute atomic E-state index is 0.111. The number of nitriles is 1. The van der Waals surface area contributed by atoms with Gasteiger partial charge in [0.2, 0.25) is 15.2 Å². The van der Waals surface area contributed by atoms with Gasteiger partial charge in [0, 0.05) is 7.11 Å². The van der Waals surface area contributed by atoms with Gasteiger partial charge in [-0.3, -0.25) is 4.57 Å². The zero-order valence-electron chi connectivity index (χ0n) is 16.1. The van der Waals surface area contributed by atoms with Crippen molar-refractivity contribution in [2.75, 3.05) is 13.7 Å². The Bertz CT molecular complexity index is 1350. The highest BCUT2D eigenvalue weighted by molar-refractivity contribution is 7.89. The molecule has 2 heterocycles. The van der Waals surface area contributed by atoms with Crippen LogP contribution in [0.4, 0.5) is 8.78 Å². The van der Waals surface area contributed by atoms with E-state index < -0.39 is 32.7 Å². The Morgan fingerprint density at radius 3 is 2.68 bits per heavy atom. The third-order valence-electron chi connectivity index (χ3n) is 4.83. The third-order valence-corrected chi connectivity index (χ3v) is 7.28. The minimum atomic E-state index is -4.06. The van der Waals surface area contributed by atoms with Gasteiger partial charge in [0.25, 0.3) is 6.43 Å². The smallest absolute Gasteiger partial charge is 0.335 e. The van der Waals surface area contributed by atoms with Gasteiger partial charge in [-0.15, -0.1) is 10.2 Å². The fourth-order valence-corrected chi connectivity index (χ4v) is 5.17. The molecule has 0 atom stereocenters. The summed E-state index contributed by atoms with van der Waals surface area (Å²) in [5.41, 5.74) is -1.19. The average Bonchev–Trinajstić information content (AvgIpc) is 3.20. The maximum atomic E-state index is 13.0. The second kappa shape index (κ2) is 7.75. The molecule has 1 aromatic carbocycles. The number of hydrogen-bond donors (Lipinski definition) is 1. The van der Waals surface area contributed by atoms with E-state index in [1.165, 1.54) is 29.9 Å². The van der Waals surface area contributed by atoms with Crippen LogP contribution in [0, 0.1) is 11.3 Å². The van der Waals surface area contributed by atoms with E-state index >= 15 is 0 Å². The van der Waals surface area contributed by atoms with Crippen LogP contribution in [0.2, 0.25) is 0 Å². The molecule has 0 amide bonds. The molecule has 0 unspecified atom stereocenters. The lowest BCUT2D eigenvalue weighted by Gasteiger charge is -2.10. The summed E-state index contributed by atoms with van der Waals surface area (Å²) in [7, 11) is -2.60. The Morgan fingerprint density at radius 2 is 2.10 bits per heavy atom. The molecule has 4 rings (SSSR count). The van der Waals surface area contributed by atoms with Gasteiger partial charge in [-0.1, -0.05) is 11.3 Å². The minimum Gasteiger partial charge on any atom is -0.383 e. The van der Waals surface area contributed by atoms with Crippen LogP contribution in [0.15, 0.2) is 27.9 Å². The van der Waals surface area contributed by atoms with Crippen molar-refractivity contribution in [3.63, 3.8) is 0 Å². The van der Waals surface area contributed by atoms with Gasteiger partial charge in [-0.2, -0.15) is 9.98 Å². The van der Waals surface area contributed by atoms with Gasteiger partial charge < -0.3 is 4.74 Å². The monoisotopic (exact) mass is 470 g/mol. The first-order valence-electron chi connectivity index (χ1n) is 9.03. The van der Waals surface area contributed by atoms with Crippen LogP contribution in [0.5, 0.6) is 0 Å². The van der Waals surface area contributed by atoms with Gasteiger partial charge in [0.15, 0.2) is 5.01 Å². The molecule has 31 heavy (non-hydrogen) atoms. The number of methoxy groups -OCH3 is 1. The number of halogens is 2. The molecule has 0 radical (unpaired) electrons. The van der Waals surface area contributed by atoms with Gasteiger partial charge in [0.05, 0.1) is 35.1 Å². The number of aromatic nitrogens is 4. The van der Waals surface area contributed by atoms with E-state index in [0.717, 1.165) is 4.57 Å². The summed E-state index contributed by atoms with van der Waals surface area (Å²) in [5, 5.41) is 15.6. The summed E-state index contributed by atoms with van der Waals surface area (Å²) in [5.74, 6) is 0. The van der Waals surface area contributed by atoms with Crippen molar-refractivity contribution in [3.8, 4) is 11.2 Å². The Labute approximate surface area is 178 Å². The Morgan fingerprint density at radius 1 is 1.35 bits per heavy atom. The Balaban J connectivity index is 1.88. The summed E-state index contributed by atoms with van der Waals surface area (Å²) in [6.07, 6.45) is -2.04. The van der Waals surface area contributed by atoms with Crippen LogP contribution >= 0.6 is 11.3 Å². The number of hydrogen-bond acceptors (Lipinski definition) is 8. The van der Waals surface area contributed by atoms with Crippen molar-refractivity contribution in [1.29, 1.82) is 5.26 Å². The van der Waals surface area contributed by atoms with E-state index in [-0.39, 0.29) is 28.7 Å². The highest BCUT2D eigenvalue weighted by Crippen LogP contribution is 2.36. The van der Waals surface area contributed by atoms with E-state index in [1.54, 1.807) is 0 Å². The highest BCUT2D eigenvalue weighted by atomic mass is 32.2. The summed E-state index contributed by atoms with van der Waals surface area (Å²) in [6.45, 7) is 0.352. The topological polar surface area (TPSA) is 132 Å². The number of sulfonamides is 1. The zero-order chi connectivity index (χ0) is 22.4.